The van der Waals surface area contributed by atoms with Crippen LogP contribution in [-0.4, -0.2) is 51.5 Å². The SMILES string of the molecule is CCOC(=O)C1CCN(C(=O)c2cccc(Nc3ncc(F)c(Nc4cccc(O)c4)n3)c2)CC1. The Balaban J connectivity index is 1.42. The third-order valence-corrected chi connectivity index (χ3v) is 5.62. The van der Waals surface area contributed by atoms with Crippen LogP contribution < -0.4 is 10.6 Å². The van der Waals surface area contributed by atoms with Gasteiger partial charge in [0.25, 0.3) is 5.91 Å². The van der Waals surface area contributed by atoms with E-state index in [1.807, 2.05) is 0 Å². The molecular weight excluding hydrogens is 453 g/mol. The summed E-state index contributed by atoms with van der Waals surface area (Å²) in [4.78, 5) is 34.8. The van der Waals surface area contributed by atoms with Crippen molar-refractivity contribution in [2.75, 3.05) is 30.3 Å². The van der Waals surface area contributed by atoms with Crippen LogP contribution in [0.25, 0.3) is 0 Å². The van der Waals surface area contributed by atoms with E-state index in [9.17, 15) is 19.1 Å². The average Bonchev–Trinajstić information content (AvgIpc) is 2.86. The fourth-order valence-corrected chi connectivity index (χ4v) is 3.86. The van der Waals surface area contributed by atoms with E-state index in [4.69, 9.17) is 4.74 Å². The lowest BCUT2D eigenvalue weighted by Gasteiger charge is -2.31. The number of carbonyl (C=O) groups excluding carboxylic acids is 2. The first-order chi connectivity index (χ1) is 16.9. The second-order valence-corrected chi connectivity index (χ2v) is 8.09. The molecule has 0 spiro atoms. The predicted molar refractivity (Wildman–Crippen MR) is 128 cm³/mol. The normalized spacial score (nSPS) is 13.8. The number of nitrogens with zero attached hydrogens (tertiary/aromatic N) is 3. The number of hydrogen-bond donors (Lipinski definition) is 3. The van der Waals surface area contributed by atoms with Crippen LogP contribution in [0.5, 0.6) is 5.75 Å². The van der Waals surface area contributed by atoms with Gasteiger partial charge in [-0.15, -0.1) is 0 Å². The predicted octanol–water partition coefficient (Wildman–Crippen LogP) is 4.22. The van der Waals surface area contributed by atoms with E-state index in [1.165, 1.54) is 12.1 Å². The first kappa shape index (κ1) is 23.9. The summed E-state index contributed by atoms with van der Waals surface area (Å²) in [5.74, 6) is -1.07. The second kappa shape index (κ2) is 10.8. The maximum atomic E-state index is 14.2. The highest BCUT2D eigenvalue weighted by Gasteiger charge is 2.28. The van der Waals surface area contributed by atoms with Crippen molar-refractivity contribution in [3.63, 3.8) is 0 Å². The Kier molecular flexibility index (Phi) is 7.39. The zero-order chi connectivity index (χ0) is 24.8. The molecule has 1 aliphatic rings. The van der Waals surface area contributed by atoms with Crippen molar-refractivity contribution in [3.05, 3.63) is 66.1 Å². The number of likely N-dealkylation sites (tertiary alicyclic amines) is 1. The smallest absolute Gasteiger partial charge is 0.309 e. The van der Waals surface area contributed by atoms with Gasteiger partial charge in [0.05, 0.1) is 18.7 Å². The summed E-state index contributed by atoms with van der Waals surface area (Å²) >= 11 is 0. The number of carbonyl (C=O) groups is 2. The minimum Gasteiger partial charge on any atom is -0.508 e. The highest BCUT2D eigenvalue weighted by atomic mass is 19.1. The van der Waals surface area contributed by atoms with Crippen LogP contribution in [0.15, 0.2) is 54.7 Å². The minimum absolute atomic E-state index is 0.0365. The summed E-state index contributed by atoms with van der Waals surface area (Å²) in [6.07, 6.45) is 2.17. The lowest BCUT2D eigenvalue weighted by molar-refractivity contribution is -0.149. The summed E-state index contributed by atoms with van der Waals surface area (Å²) in [6.45, 7) is 3.08. The largest absolute Gasteiger partial charge is 0.508 e. The number of benzene rings is 2. The quantitative estimate of drug-likeness (QED) is 0.431. The van der Waals surface area contributed by atoms with Gasteiger partial charge in [-0.05, 0) is 50.1 Å². The van der Waals surface area contributed by atoms with Gasteiger partial charge in [0, 0.05) is 36.1 Å². The molecule has 3 aromatic rings. The van der Waals surface area contributed by atoms with Crippen molar-refractivity contribution in [2.24, 2.45) is 5.92 Å². The van der Waals surface area contributed by atoms with E-state index in [0.29, 0.717) is 49.5 Å². The van der Waals surface area contributed by atoms with Crippen LogP contribution in [-0.2, 0) is 9.53 Å². The Hall–Kier alpha value is -4.21. The first-order valence-corrected chi connectivity index (χ1v) is 11.3. The number of ether oxygens (including phenoxy) is 1. The van der Waals surface area contributed by atoms with Gasteiger partial charge in [-0.1, -0.05) is 12.1 Å². The van der Waals surface area contributed by atoms with Gasteiger partial charge in [-0.2, -0.15) is 4.98 Å². The number of rotatable bonds is 7. The maximum absolute atomic E-state index is 14.2. The first-order valence-electron chi connectivity index (χ1n) is 11.3. The van der Waals surface area contributed by atoms with E-state index in [2.05, 4.69) is 20.6 Å². The molecule has 1 fully saturated rings. The summed E-state index contributed by atoms with van der Waals surface area (Å²) in [5.41, 5.74) is 1.50. The fourth-order valence-electron chi connectivity index (χ4n) is 3.86. The van der Waals surface area contributed by atoms with Crippen LogP contribution in [0.4, 0.5) is 27.5 Å². The van der Waals surface area contributed by atoms with Crippen LogP contribution >= 0.6 is 0 Å². The van der Waals surface area contributed by atoms with E-state index < -0.39 is 5.82 Å². The molecule has 2 heterocycles. The highest BCUT2D eigenvalue weighted by molar-refractivity contribution is 5.95. The molecule has 1 saturated heterocycles. The number of aromatic hydroxyl groups is 1. The van der Waals surface area contributed by atoms with Crippen molar-refractivity contribution in [1.29, 1.82) is 0 Å². The Labute approximate surface area is 202 Å². The average molecular weight is 480 g/mol. The maximum Gasteiger partial charge on any atom is 0.309 e. The second-order valence-electron chi connectivity index (χ2n) is 8.09. The molecule has 0 atom stereocenters. The Bertz CT molecular complexity index is 1210. The van der Waals surface area contributed by atoms with Gasteiger partial charge in [-0.25, -0.2) is 9.37 Å². The number of nitrogens with one attached hydrogen (secondary N) is 2. The summed E-state index contributed by atoms with van der Waals surface area (Å²) in [6, 6.07) is 13.1. The molecule has 10 heteroatoms. The Morgan fingerprint density at radius 1 is 1.11 bits per heavy atom. The lowest BCUT2D eigenvalue weighted by Crippen LogP contribution is -2.40. The van der Waals surface area contributed by atoms with Gasteiger partial charge in [0.15, 0.2) is 11.6 Å². The van der Waals surface area contributed by atoms with E-state index >= 15 is 0 Å². The molecule has 1 aliphatic heterocycles. The zero-order valence-corrected chi connectivity index (χ0v) is 19.2. The van der Waals surface area contributed by atoms with E-state index in [-0.39, 0.29) is 35.3 Å². The van der Waals surface area contributed by atoms with Crippen LogP contribution in [0.2, 0.25) is 0 Å². The molecule has 3 N–H and O–H groups in total. The van der Waals surface area contributed by atoms with Gasteiger partial charge in [0.2, 0.25) is 5.95 Å². The molecule has 1 amide bonds. The van der Waals surface area contributed by atoms with Crippen molar-refractivity contribution in [2.45, 2.75) is 19.8 Å². The minimum atomic E-state index is -0.658. The Morgan fingerprint density at radius 2 is 1.83 bits per heavy atom. The fraction of sp³-hybridized carbons (Fsp3) is 0.280. The summed E-state index contributed by atoms with van der Waals surface area (Å²) in [7, 11) is 0. The van der Waals surface area contributed by atoms with Gasteiger partial charge in [-0.3, -0.25) is 9.59 Å². The topological polar surface area (TPSA) is 117 Å². The van der Waals surface area contributed by atoms with Crippen LogP contribution in [0, 0.1) is 11.7 Å². The number of anilines is 4. The van der Waals surface area contributed by atoms with Gasteiger partial charge < -0.3 is 25.4 Å². The number of halogens is 1. The van der Waals surface area contributed by atoms with Crippen molar-refractivity contribution < 1.29 is 23.8 Å². The van der Waals surface area contributed by atoms with Crippen LogP contribution in [0.1, 0.15) is 30.1 Å². The number of aromatic nitrogens is 2. The Morgan fingerprint density at radius 3 is 2.54 bits per heavy atom. The number of phenolic OH excluding ortho intramolecular Hbond substituents is 1. The molecule has 35 heavy (non-hydrogen) atoms. The number of esters is 1. The molecule has 182 valence electrons. The molecule has 0 saturated carbocycles. The van der Waals surface area contributed by atoms with Gasteiger partial charge in [0.1, 0.15) is 5.75 Å². The van der Waals surface area contributed by atoms with Crippen molar-refractivity contribution >= 4 is 35.0 Å². The third-order valence-electron chi connectivity index (χ3n) is 5.62. The lowest BCUT2D eigenvalue weighted by atomic mass is 9.96. The standard InChI is InChI=1S/C25H26FN5O4/c1-2-35-24(34)16-9-11-31(12-10-16)23(33)17-5-3-6-18(13-17)29-25-27-15-21(26)22(30-25)28-19-7-4-8-20(32)14-19/h3-8,13-16,32H,2,9-12H2,1H3,(H2,27,28,29,30). The molecule has 0 radical (unpaired) electrons. The molecule has 2 aromatic carbocycles. The summed E-state index contributed by atoms with van der Waals surface area (Å²) < 4.78 is 19.3. The molecule has 9 nitrogen and oxygen atoms in total. The molecule has 0 aliphatic carbocycles. The molecular formula is C25H26FN5O4. The monoisotopic (exact) mass is 479 g/mol. The molecule has 0 bridgehead atoms. The number of phenols is 1. The van der Waals surface area contributed by atoms with Gasteiger partial charge >= 0.3 is 5.97 Å². The molecule has 4 rings (SSSR count). The highest BCUT2D eigenvalue weighted by Crippen LogP contribution is 2.24. The molecule has 1 aromatic heterocycles. The number of hydrogen-bond acceptors (Lipinski definition) is 8. The summed E-state index contributed by atoms with van der Waals surface area (Å²) in [5, 5.41) is 15.4. The number of amides is 1. The van der Waals surface area contributed by atoms with Crippen LogP contribution in [0.3, 0.4) is 0 Å². The van der Waals surface area contributed by atoms with E-state index in [1.54, 1.807) is 48.2 Å². The zero-order valence-electron chi connectivity index (χ0n) is 19.2. The third kappa shape index (κ3) is 6.03. The number of piperidine rings is 1. The van der Waals surface area contributed by atoms with Crippen molar-refractivity contribution in [1.82, 2.24) is 14.9 Å². The molecule has 0 unspecified atom stereocenters. The van der Waals surface area contributed by atoms with Crippen molar-refractivity contribution in [3.8, 4) is 5.75 Å². The van der Waals surface area contributed by atoms with E-state index in [0.717, 1.165) is 6.20 Å².